The third-order valence-corrected chi connectivity index (χ3v) is 5.17. The number of phenols is 1. The zero-order chi connectivity index (χ0) is 15.2. The molecule has 2 aromatic carbocycles. The SMILES string of the molecule is O=C(N/N=C/c1c(O)ccc2ccccc12)C1CC12CCC2. The van der Waals surface area contributed by atoms with Crippen molar-refractivity contribution in [3.63, 3.8) is 0 Å². The van der Waals surface area contributed by atoms with Crippen LogP contribution in [0.3, 0.4) is 0 Å². The van der Waals surface area contributed by atoms with E-state index in [9.17, 15) is 9.90 Å². The second-order valence-electron chi connectivity index (χ2n) is 6.43. The maximum absolute atomic E-state index is 12.1. The van der Waals surface area contributed by atoms with Crippen LogP contribution in [0.2, 0.25) is 0 Å². The van der Waals surface area contributed by atoms with Gasteiger partial charge in [-0.3, -0.25) is 4.79 Å². The summed E-state index contributed by atoms with van der Waals surface area (Å²) in [5, 5.41) is 16.0. The lowest BCUT2D eigenvalue weighted by Gasteiger charge is -2.25. The predicted octanol–water partition coefficient (Wildman–Crippen LogP) is 3.19. The molecule has 2 aliphatic rings. The molecular formula is C18H18N2O2. The third-order valence-electron chi connectivity index (χ3n) is 5.17. The Hall–Kier alpha value is -2.36. The van der Waals surface area contributed by atoms with E-state index < -0.39 is 0 Å². The van der Waals surface area contributed by atoms with Gasteiger partial charge in [0.05, 0.1) is 6.21 Å². The van der Waals surface area contributed by atoms with Crippen molar-refractivity contribution in [1.82, 2.24) is 5.43 Å². The number of amides is 1. The summed E-state index contributed by atoms with van der Waals surface area (Å²) >= 11 is 0. The molecule has 1 unspecified atom stereocenters. The molecule has 0 bridgehead atoms. The van der Waals surface area contributed by atoms with Gasteiger partial charge < -0.3 is 5.11 Å². The summed E-state index contributed by atoms with van der Waals surface area (Å²) in [7, 11) is 0. The smallest absolute Gasteiger partial charge is 0.243 e. The lowest BCUT2D eigenvalue weighted by molar-refractivity contribution is -0.123. The molecule has 0 radical (unpaired) electrons. The van der Waals surface area contributed by atoms with Gasteiger partial charge in [0.15, 0.2) is 0 Å². The van der Waals surface area contributed by atoms with Crippen LogP contribution in [0.5, 0.6) is 5.75 Å². The van der Waals surface area contributed by atoms with E-state index in [1.807, 2.05) is 30.3 Å². The van der Waals surface area contributed by atoms with Crippen LogP contribution in [0, 0.1) is 11.3 Å². The van der Waals surface area contributed by atoms with E-state index in [0.29, 0.717) is 11.0 Å². The Labute approximate surface area is 128 Å². The minimum absolute atomic E-state index is 0.00989. The van der Waals surface area contributed by atoms with E-state index in [-0.39, 0.29) is 17.6 Å². The highest BCUT2D eigenvalue weighted by atomic mass is 16.3. The van der Waals surface area contributed by atoms with E-state index in [0.717, 1.165) is 17.2 Å². The van der Waals surface area contributed by atoms with Gasteiger partial charge >= 0.3 is 0 Å². The summed E-state index contributed by atoms with van der Waals surface area (Å²) in [6.07, 6.45) is 6.15. The second kappa shape index (κ2) is 4.83. The molecule has 22 heavy (non-hydrogen) atoms. The van der Waals surface area contributed by atoms with Crippen molar-refractivity contribution in [2.24, 2.45) is 16.4 Å². The van der Waals surface area contributed by atoms with Crippen molar-refractivity contribution in [3.05, 3.63) is 42.0 Å². The number of nitrogens with zero attached hydrogens (tertiary/aromatic N) is 1. The van der Waals surface area contributed by atoms with Crippen molar-refractivity contribution >= 4 is 22.9 Å². The highest BCUT2D eigenvalue weighted by Gasteiger charge is 2.60. The van der Waals surface area contributed by atoms with Gasteiger partial charge in [-0.15, -0.1) is 0 Å². The average molecular weight is 294 g/mol. The number of benzene rings is 2. The van der Waals surface area contributed by atoms with Gasteiger partial charge in [-0.1, -0.05) is 36.8 Å². The van der Waals surface area contributed by atoms with E-state index in [4.69, 9.17) is 0 Å². The lowest BCUT2D eigenvalue weighted by atomic mass is 9.80. The highest BCUT2D eigenvalue weighted by molar-refractivity contribution is 6.02. The summed E-state index contributed by atoms with van der Waals surface area (Å²) in [5.74, 6) is 0.314. The van der Waals surface area contributed by atoms with Crippen LogP contribution in [-0.4, -0.2) is 17.2 Å². The first-order valence-electron chi connectivity index (χ1n) is 7.73. The molecule has 1 atom stereocenters. The Morgan fingerprint density at radius 3 is 2.82 bits per heavy atom. The molecule has 0 saturated heterocycles. The minimum Gasteiger partial charge on any atom is -0.507 e. The van der Waals surface area contributed by atoms with Crippen LogP contribution in [0.4, 0.5) is 0 Å². The van der Waals surface area contributed by atoms with Crippen molar-refractivity contribution in [3.8, 4) is 5.75 Å². The van der Waals surface area contributed by atoms with E-state index in [1.165, 1.54) is 25.5 Å². The van der Waals surface area contributed by atoms with Gasteiger partial charge in [-0.2, -0.15) is 5.10 Å². The average Bonchev–Trinajstić information content (AvgIpc) is 3.25. The van der Waals surface area contributed by atoms with Gasteiger partial charge in [-0.25, -0.2) is 5.43 Å². The number of carbonyl (C=O) groups is 1. The zero-order valence-corrected chi connectivity index (χ0v) is 12.2. The second-order valence-corrected chi connectivity index (χ2v) is 6.43. The van der Waals surface area contributed by atoms with Crippen molar-refractivity contribution in [2.75, 3.05) is 0 Å². The van der Waals surface area contributed by atoms with E-state index in [1.54, 1.807) is 6.07 Å². The predicted molar refractivity (Wildman–Crippen MR) is 85.7 cm³/mol. The van der Waals surface area contributed by atoms with Crippen molar-refractivity contribution in [1.29, 1.82) is 0 Å². The number of aromatic hydroxyl groups is 1. The standard InChI is InChI=1S/C18H18N2O2/c21-16-7-6-12-4-1-2-5-13(12)14(16)11-19-20-17(22)15-10-18(15)8-3-9-18/h1-2,4-7,11,15,21H,3,8-10H2,(H,20,22)/b19-11+. The molecular weight excluding hydrogens is 276 g/mol. The molecule has 4 nitrogen and oxygen atoms in total. The van der Waals surface area contributed by atoms with Gasteiger partial charge in [0, 0.05) is 11.5 Å². The van der Waals surface area contributed by atoms with Crippen LogP contribution in [0.1, 0.15) is 31.2 Å². The fourth-order valence-corrected chi connectivity index (χ4v) is 3.56. The maximum Gasteiger partial charge on any atom is 0.243 e. The molecule has 0 aliphatic heterocycles. The van der Waals surface area contributed by atoms with Crippen LogP contribution >= 0.6 is 0 Å². The largest absolute Gasteiger partial charge is 0.507 e. The molecule has 2 N–H and O–H groups in total. The van der Waals surface area contributed by atoms with Gasteiger partial charge in [0.1, 0.15) is 5.75 Å². The Kier molecular flexibility index (Phi) is 2.93. The van der Waals surface area contributed by atoms with Gasteiger partial charge in [-0.05, 0) is 41.5 Å². The molecule has 0 heterocycles. The molecule has 4 rings (SSSR count). The maximum atomic E-state index is 12.1. The number of rotatable bonds is 3. The number of fused-ring (bicyclic) bond motifs is 1. The molecule has 2 saturated carbocycles. The first-order chi connectivity index (χ1) is 10.7. The summed E-state index contributed by atoms with van der Waals surface area (Å²) in [4.78, 5) is 12.1. The van der Waals surface area contributed by atoms with Crippen LogP contribution in [-0.2, 0) is 4.79 Å². The quantitative estimate of drug-likeness (QED) is 0.674. The Morgan fingerprint density at radius 2 is 2.09 bits per heavy atom. The number of hydrazone groups is 1. The highest BCUT2D eigenvalue weighted by Crippen LogP contribution is 2.65. The molecule has 2 aromatic rings. The molecule has 4 heteroatoms. The van der Waals surface area contributed by atoms with Gasteiger partial charge in [0.25, 0.3) is 0 Å². The molecule has 2 aliphatic carbocycles. The summed E-state index contributed by atoms with van der Waals surface area (Å²) in [5.41, 5.74) is 3.57. The molecule has 112 valence electrons. The van der Waals surface area contributed by atoms with Crippen LogP contribution in [0.15, 0.2) is 41.5 Å². The number of nitrogens with one attached hydrogen (secondary N) is 1. The Bertz CT molecular complexity index is 778. The summed E-state index contributed by atoms with van der Waals surface area (Å²) < 4.78 is 0. The summed E-state index contributed by atoms with van der Waals surface area (Å²) in [6.45, 7) is 0. The normalized spacial score (nSPS) is 21.9. The van der Waals surface area contributed by atoms with Crippen molar-refractivity contribution < 1.29 is 9.90 Å². The summed E-state index contributed by atoms with van der Waals surface area (Å²) in [6, 6.07) is 11.3. The minimum atomic E-state index is 0.00989. The number of carbonyl (C=O) groups excluding carboxylic acids is 1. The molecule has 2 fully saturated rings. The molecule has 1 spiro atoms. The molecule has 0 aromatic heterocycles. The Morgan fingerprint density at radius 1 is 1.27 bits per heavy atom. The van der Waals surface area contributed by atoms with Crippen molar-refractivity contribution in [2.45, 2.75) is 25.7 Å². The van der Waals surface area contributed by atoms with E-state index in [2.05, 4.69) is 10.5 Å². The topological polar surface area (TPSA) is 61.7 Å². The van der Waals surface area contributed by atoms with Gasteiger partial charge in [0.2, 0.25) is 5.91 Å². The zero-order valence-electron chi connectivity index (χ0n) is 12.2. The fraction of sp³-hybridized carbons (Fsp3) is 0.333. The van der Waals surface area contributed by atoms with E-state index >= 15 is 0 Å². The molecule has 1 amide bonds. The lowest BCUT2D eigenvalue weighted by Crippen LogP contribution is -2.26. The number of hydrogen-bond acceptors (Lipinski definition) is 3. The monoisotopic (exact) mass is 294 g/mol. The van der Waals surface area contributed by atoms with Crippen LogP contribution in [0.25, 0.3) is 10.8 Å². The van der Waals surface area contributed by atoms with Crippen LogP contribution < -0.4 is 5.43 Å². The number of hydrogen-bond donors (Lipinski definition) is 2. The first-order valence-corrected chi connectivity index (χ1v) is 7.73. The Balaban J connectivity index is 1.51. The third kappa shape index (κ3) is 2.06. The first kappa shape index (κ1) is 13.3. The fourth-order valence-electron chi connectivity index (χ4n) is 3.56. The number of phenolic OH excluding ortho intramolecular Hbond substituents is 1.